The molecule has 19 rings (SSSR count). The fourth-order valence-corrected chi connectivity index (χ4v) is 19.3. The maximum absolute atomic E-state index is 6.15. The molecule has 0 amide bonds. The van der Waals surface area contributed by atoms with Crippen molar-refractivity contribution in [3.8, 4) is 22.5 Å². The van der Waals surface area contributed by atoms with Gasteiger partial charge in [-0.2, -0.15) is 0 Å². The lowest BCUT2D eigenvalue weighted by molar-refractivity contribution is 0.391. The van der Waals surface area contributed by atoms with Crippen molar-refractivity contribution in [3.63, 3.8) is 0 Å². The minimum absolute atomic E-state index is 0.0516. The van der Waals surface area contributed by atoms with E-state index >= 15 is 0 Å². The Morgan fingerprint density at radius 2 is 0.880 bits per heavy atom. The molecule has 8 aliphatic rings. The Bertz CT molecular complexity index is 4620. The van der Waals surface area contributed by atoms with Gasteiger partial charge in [0.15, 0.2) is 0 Å². The highest BCUT2D eigenvalue weighted by atomic mass is 16.3. The zero-order valence-corrected chi connectivity index (χ0v) is 52.8. The number of furan rings is 1. The highest BCUT2D eigenvalue weighted by Crippen LogP contribution is 2.54. The Morgan fingerprint density at radius 3 is 1.34 bits per heavy atom. The third-order valence-electron chi connectivity index (χ3n) is 23.4. The number of hydrogen-bond donors (Lipinski definition) is 0. The van der Waals surface area contributed by atoms with Gasteiger partial charge in [-0.25, -0.2) is 0 Å². The molecule has 452 valence electrons. The molecule has 2 aliphatic heterocycles. The van der Waals surface area contributed by atoms with Crippen LogP contribution in [0.1, 0.15) is 116 Å². The predicted molar refractivity (Wildman–Crippen MR) is 387 cm³/mol. The molecular formula is C86H79BN4O. The number of benzene rings is 8. The van der Waals surface area contributed by atoms with Crippen molar-refractivity contribution in [3.05, 3.63) is 247 Å². The number of fused-ring (bicyclic) bond motifs is 11. The average Bonchev–Trinajstić information content (AvgIpc) is 0.933. The van der Waals surface area contributed by atoms with E-state index in [0.29, 0.717) is 23.7 Å². The molecule has 3 aromatic heterocycles. The first-order valence-electron chi connectivity index (χ1n) is 35.3. The Kier molecular flexibility index (Phi) is 13.3. The lowest BCUT2D eigenvalue weighted by atomic mass is 9.33. The van der Waals surface area contributed by atoms with Crippen LogP contribution >= 0.6 is 0 Å². The van der Waals surface area contributed by atoms with E-state index in [-0.39, 0.29) is 18.8 Å². The van der Waals surface area contributed by atoms with E-state index in [4.69, 9.17) is 4.42 Å². The maximum Gasteiger partial charge on any atom is 0.252 e. The van der Waals surface area contributed by atoms with Crippen LogP contribution < -0.4 is 26.2 Å². The first kappa shape index (κ1) is 54.7. The number of nitrogens with zero attached hydrogens (tertiary/aromatic N) is 4. The van der Waals surface area contributed by atoms with Crippen molar-refractivity contribution < 1.29 is 4.42 Å². The van der Waals surface area contributed by atoms with Crippen LogP contribution in [0.3, 0.4) is 0 Å². The fourth-order valence-electron chi connectivity index (χ4n) is 19.3. The topological polar surface area (TPSA) is 29.5 Å². The summed E-state index contributed by atoms with van der Waals surface area (Å²) in [5, 5.41) is 6.32. The SMILES string of the molecule is C1=CCC(C2=CCCC(C3=CCCCC3)C2N2c3cc(-n4c5ccccc5c5ccccc54)ccc3B3c4ccc(-n5c6ccccc6c6ccccc65)cc4N(C4C(C5CC=CCC5)=CCCC4C4=CCCCC4)c4cc(-c5ccc6occc6c5)cc2c43)CC1. The number of para-hydroxylation sites is 4. The molecule has 0 saturated heterocycles. The predicted octanol–water partition coefficient (Wildman–Crippen LogP) is 20.8. The summed E-state index contributed by atoms with van der Waals surface area (Å²) in [5.74, 6) is 1.70. The van der Waals surface area contributed by atoms with Gasteiger partial charge < -0.3 is 23.4 Å². The summed E-state index contributed by atoms with van der Waals surface area (Å²) in [7, 11) is 0. The van der Waals surface area contributed by atoms with Gasteiger partial charge in [-0.15, -0.1) is 0 Å². The Hall–Kier alpha value is -9.00. The number of rotatable bonds is 9. The molecular weight excluding hydrogens is 1120 g/mol. The molecule has 5 heterocycles. The lowest BCUT2D eigenvalue weighted by Crippen LogP contribution is -2.65. The fraction of sp³-hybridized carbons (Fsp3) is 0.279. The quantitative estimate of drug-likeness (QED) is 0.107. The molecule has 6 atom stereocenters. The van der Waals surface area contributed by atoms with Gasteiger partial charge in [-0.1, -0.05) is 151 Å². The highest BCUT2D eigenvalue weighted by molar-refractivity contribution is 7.00. The molecule has 0 radical (unpaired) electrons. The first-order valence-corrected chi connectivity index (χ1v) is 35.3. The molecule has 6 unspecified atom stereocenters. The molecule has 92 heavy (non-hydrogen) atoms. The van der Waals surface area contributed by atoms with Crippen LogP contribution in [-0.4, -0.2) is 27.9 Å². The standard InChI is InChI=1S/C86H79BN4O/c1-5-23-56(24-6-1)65-35-21-36-66(57-25-7-2-8-26-57)85(65)90-79-54-63(88-75-39-17-13-31-69(75)70-32-14-18-40-76(70)88)44-46-73(79)87-74-47-45-64(89-77-41-19-15-33-71(77)72-34-16-20-42-78(72)89)55-80(74)91(82-53-62(52-81(90)84(82)87)60-43-48-83-61(51-60)49-50-92-83)86-67(58-27-9-3-10-28-58)37-22-38-68(86)59-29-11-4-12-30-59/h1,3,5,9,13-20,25,29,31-35,37,39-56,58,66,68,85-86H,2,4,6-8,10-12,21-24,26-28,30,36,38H2. The number of aromatic nitrogens is 2. The third kappa shape index (κ3) is 8.71. The van der Waals surface area contributed by atoms with Crippen molar-refractivity contribution in [1.29, 1.82) is 0 Å². The van der Waals surface area contributed by atoms with E-state index in [9.17, 15) is 0 Å². The summed E-state index contributed by atoms with van der Waals surface area (Å²) in [6.07, 6.45) is 44.0. The van der Waals surface area contributed by atoms with Crippen LogP contribution in [0.15, 0.2) is 251 Å². The van der Waals surface area contributed by atoms with Crippen LogP contribution in [-0.2, 0) is 0 Å². The molecule has 0 bridgehead atoms. The number of hydrogen-bond acceptors (Lipinski definition) is 3. The van der Waals surface area contributed by atoms with Crippen molar-refractivity contribution in [2.75, 3.05) is 9.80 Å². The van der Waals surface area contributed by atoms with E-state index in [1.807, 2.05) is 6.26 Å². The molecule has 6 heteroatoms. The van der Waals surface area contributed by atoms with Gasteiger partial charge in [0.25, 0.3) is 6.71 Å². The molecule has 8 aromatic carbocycles. The van der Waals surface area contributed by atoms with Gasteiger partial charge in [-0.3, -0.25) is 0 Å². The number of allylic oxidation sites excluding steroid dienone is 8. The molecule has 0 N–H and O–H groups in total. The largest absolute Gasteiger partial charge is 0.464 e. The minimum atomic E-state index is -0.0516. The zero-order valence-electron chi connectivity index (χ0n) is 52.8. The summed E-state index contributed by atoms with van der Waals surface area (Å²) >= 11 is 0. The molecule has 0 spiro atoms. The smallest absolute Gasteiger partial charge is 0.252 e. The first-order chi connectivity index (χ1) is 45.7. The lowest BCUT2D eigenvalue weighted by Gasteiger charge is -2.53. The van der Waals surface area contributed by atoms with Gasteiger partial charge in [0.05, 0.1) is 40.4 Å². The molecule has 11 aromatic rings. The van der Waals surface area contributed by atoms with E-state index in [0.717, 1.165) is 62.3 Å². The molecule has 6 aliphatic carbocycles. The maximum atomic E-state index is 6.15. The highest BCUT2D eigenvalue weighted by Gasteiger charge is 2.51. The second-order valence-electron chi connectivity index (χ2n) is 28.2. The summed E-state index contributed by atoms with van der Waals surface area (Å²) in [5.41, 5.74) is 27.3. The minimum Gasteiger partial charge on any atom is -0.464 e. The monoisotopic (exact) mass is 1190 g/mol. The van der Waals surface area contributed by atoms with Crippen LogP contribution in [0.5, 0.6) is 0 Å². The van der Waals surface area contributed by atoms with Gasteiger partial charge in [0.1, 0.15) is 5.58 Å². The second-order valence-corrected chi connectivity index (χ2v) is 28.2. The van der Waals surface area contributed by atoms with Crippen molar-refractivity contribution in [2.45, 2.75) is 128 Å². The van der Waals surface area contributed by atoms with Gasteiger partial charge >= 0.3 is 0 Å². The Morgan fingerprint density at radius 1 is 0.391 bits per heavy atom. The van der Waals surface area contributed by atoms with E-state index in [2.05, 4.69) is 237 Å². The van der Waals surface area contributed by atoms with Crippen LogP contribution in [0.2, 0.25) is 0 Å². The normalized spacial score (nSPS) is 23.0. The van der Waals surface area contributed by atoms with Crippen molar-refractivity contribution in [1.82, 2.24) is 9.13 Å². The second kappa shape index (κ2) is 22.4. The average molecular weight is 1200 g/mol. The van der Waals surface area contributed by atoms with E-state index < -0.39 is 0 Å². The summed E-state index contributed by atoms with van der Waals surface area (Å²) < 4.78 is 11.3. The number of anilines is 4. The summed E-state index contributed by atoms with van der Waals surface area (Å²) in [4.78, 5) is 6.07. The summed E-state index contributed by atoms with van der Waals surface area (Å²) in [6, 6.07) is 66.8. The third-order valence-corrected chi connectivity index (χ3v) is 23.4. The van der Waals surface area contributed by atoms with E-state index in [1.54, 1.807) is 22.3 Å². The zero-order chi connectivity index (χ0) is 60.4. The Balaban J connectivity index is 0.948. The van der Waals surface area contributed by atoms with Crippen LogP contribution in [0, 0.1) is 23.7 Å². The summed E-state index contributed by atoms with van der Waals surface area (Å²) in [6.45, 7) is -0.0516. The van der Waals surface area contributed by atoms with Gasteiger partial charge in [0, 0.05) is 72.9 Å². The van der Waals surface area contributed by atoms with E-state index in [1.165, 1.54) is 169 Å². The Labute approximate surface area is 541 Å². The van der Waals surface area contributed by atoms with Gasteiger partial charge in [0.2, 0.25) is 0 Å². The molecule has 0 saturated carbocycles. The van der Waals surface area contributed by atoms with Crippen molar-refractivity contribution >= 4 is 100 Å². The van der Waals surface area contributed by atoms with Gasteiger partial charge in [-0.05, 0) is 245 Å². The van der Waals surface area contributed by atoms with Crippen LogP contribution in [0.4, 0.5) is 22.7 Å². The molecule has 0 fully saturated rings. The van der Waals surface area contributed by atoms with Crippen molar-refractivity contribution in [2.24, 2.45) is 23.7 Å². The van der Waals surface area contributed by atoms with Crippen LogP contribution in [0.25, 0.3) is 77.1 Å². The molecule has 5 nitrogen and oxygen atoms in total.